The van der Waals surface area contributed by atoms with Crippen LogP contribution in [0.1, 0.15) is 11.3 Å². The number of rotatable bonds is 1. The van der Waals surface area contributed by atoms with Gasteiger partial charge in [0.05, 0.1) is 5.69 Å². The first-order valence-corrected chi connectivity index (χ1v) is 4.08. The predicted molar refractivity (Wildman–Crippen MR) is 46.9 cm³/mol. The molecule has 1 heterocycles. The summed E-state index contributed by atoms with van der Waals surface area (Å²) in [6.07, 6.45) is 2.17. The minimum absolute atomic E-state index is 0.176. The first-order chi connectivity index (χ1) is 5.16. The first kappa shape index (κ1) is 8.28. The summed E-state index contributed by atoms with van der Waals surface area (Å²) in [5.41, 5.74) is 0.812. The molecule has 1 atom stereocenters. The highest BCUT2D eigenvalue weighted by Gasteiger charge is 2.04. The molecule has 0 aliphatic rings. The van der Waals surface area contributed by atoms with E-state index in [4.69, 9.17) is 5.11 Å². The zero-order chi connectivity index (χ0) is 8.43. The Hall–Kier alpha value is -0.820. The van der Waals surface area contributed by atoms with Gasteiger partial charge in [-0.1, -0.05) is 0 Å². The van der Waals surface area contributed by atoms with E-state index in [1.165, 1.54) is 0 Å². The number of hydrogen-bond acceptors (Lipinski definition) is 2. The molecule has 1 rings (SSSR count). The van der Waals surface area contributed by atoms with Crippen LogP contribution in [0, 0.1) is 6.92 Å². The molecule has 0 saturated heterocycles. The normalized spacial score (nSPS) is 10.0. The van der Waals surface area contributed by atoms with Crippen LogP contribution in [0.2, 0.25) is 0 Å². The second kappa shape index (κ2) is 3.05. The average molecular weight is 171 g/mol. The molecule has 0 amide bonds. The molecule has 0 aliphatic carbocycles. The fourth-order valence-corrected chi connectivity index (χ4v) is 1.11. The fourth-order valence-electron chi connectivity index (χ4n) is 0.803. The van der Waals surface area contributed by atoms with Crippen LogP contribution in [0.4, 0.5) is 0 Å². The molecule has 0 spiro atoms. The van der Waals surface area contributed by atoms with Crippen LogP contribution in [0.3, 0.4) is 0 Å². The van der Waals surface area contributed by atoms with E-state index in [1.807, 2.05) is 0 Å². The molecule has 0 saturated carbocycles. The molecule has 3 nitrogen and oxygen atoms in total. The predicted octanol–water partition coefficient (Wildman–Crippen LogP) is 0.764. The van der Waals surface area contributed by atoms with Gasteiger partial charge < -0.3 is 10.1 Å². The van der Waals surface area contributed by atoms with Crippen LogP contribution >= 0.6 is 9.24 Å². The summed E-state index contributed by atoms with van der Waals surface area (Å²) in [5.74, 6) is -0.176. The van der Waals surface area contributed by atoms with E-state index < -0.39 is 0 Å². The zero-order valence-electron chi connectivity index (χ0n) is 6.22. The summed E-state index contributed by atoms with van der Waals surface area (Å²) < 4.78 is 0. The van der Waals surface area contributed by atoms with Crippen molar-refractivity contribution in [2.75, 3.05) is 0 Å². The highest BCUT2D eigenvalue weighted by atomic mass is 31.0. The standard InChI is InChI=1S/C7H10NO2P/c1-4-6(9)7(10)5(3-11)2-8-4/h2,9H,3,11H2,1H3,(H,8,10). The van der Waals surface area contributed by atoms with Crippen molar-refractivity contribution in [3.63, 3.8) is 0 Å². The molecule has 0 aliphatic heterocycles. The molecule has 11 heavy (non-hydrogen) atoms. The molecule has 1 aromatic rings. The third-order valence-electron chi connectivity index (χ3n) is 1.54. The summed E-state index contributed by atoms with van der Waals surface area (Å²) in [6.45, 7) is 1.66. The lowest BCUT2D eigenvalue weighted by atomic mass is 10.2. The maximum Gasteiger partial charge on any atom is 0.226 e. The molecular formula is C7H10NO2P. The smallest absolute Gasteiger partial charge is 0.226 e. The zero-order valence-corrected chi connectivity index (χ0v) is 7.37. The molecule has 60 valence electrons. The van der Waals surface area contributed by atoms with Crippen molar-refractivity contribution in [3.8, 4) is 5.75 Å². The van der Waals surface area contributed by atoms with Crippen molar-refractivity contribution in [1.29, 1.82) is 0 Å². The third kappa shape index (κ3) is 1.43. The van der Waals surface area contributed by atoms with Crippen LogP contribution < -0.4 is 5.43 Å². The van der Waals surface area contributed by atoms with Gasteiger partial charge in [-0.25, -0.2) is 0 Å². The molecule has 4 heteroatoms. The second-order valence-corrected chi connectivity index (χ2v) is 2.73. The lowest BCUT2D eigenvalue weighted by Crippen LogP contribution is -2.08. The molecule has 0 aromatic carbocycles. The number of H-pyrrole nitrogens is 1. The average Bonchev–Trinajstić information content (AvgIpc) is 2.01. The van der Waals surface area contributed by atoms with Crippen molar-refractivity contribution >= 4 is 9.24 Å². The summed E-state index contributed by atoms with van der Waals surface area (Å²) in [6, 6.07) is 0. The number of hydrogen-bond donors (Lipinski definition) is 2. The van der Waals surface area contributed by atoms with E-state index in [1.54, 1.807) is 13.1 Å². The lowest BCUT2D eigenvalue weighted by molar-refractivity contribution is 0.461. The summed E-state index contributed by atoms with van der Waals surface area (Å²) >= 11 is 0. The van der Waals surface area contributed by atoms with E-state index in [2.05, 4.69) is 14.2 Å². The maximum atomic E-state index is 11.1. The van der Waals surface area contributed by atoms with E-state index in [0.717, 1.165) is 0 Å². The number of aromatic amines is 1. The Morgan fingerprint density at radius 2 is 2.36 bits per heavy atom. The van der Waals surface area contributed by atoms with Crippen molar-refractivity contribution in [3.05, 3.63) is 27.7 Å². The molecule has 2 N–H and O–H groups in total. The summed E-state index contributed by atoms with van der Waals surface area (Å²) in [4.78, 5) is 13.9. The van der Waals surface area contributed by atoms with Gasteiger partial charge in [0.1, 0.15) is 0 Å². The van der Waals surface area contributed by atoms with Gasteiger partial charge in [-0.15, -0.1) is 9.24 Å². The van der Waals surface area contributed by atoms with Crippen LogP contribution in [-0.2, 0) is 6.16 Å². The van der Waals surface area contributed by atoms with Crippen LogP contribution in [0.25, 0.3) is 0 Å². The Morgan fingerprint density at radius 1 is 1.73 bits per heavy atom. The lowest BCUT2D eigenvalue weighted by Gasteiger charge is -1.99. The Morgan fingerprint density at radius 3 is 2.91 bits per heavy atom. The highest BCUT2D eigenvalue weighted by Crippen LogP contribution is 2.08. The fraction of sp³-hybridized carbons (Fsp3) is 0.286. The molecule has 1 aromatic heterocycles. The highest BCUT2D eigenvalue weighted by molar-refractivity contribution is 7.15. The largest absolute Gasteiger partial charge is 0.503 e. The number of aryl methyl sites for hydroxylation is 1. The Balaban J connectivity index is 3.37. The number of aromatic nitrogens is 1. The topological polar surface area (TPSA) is 53.1 Å². The maximum absolute atomic E-state index is 11.1. The van der Waals surface area contributed by atoms with E-state index in [-0.39, 0.29) is 11.2 Å². The summed E-state index contributed by atoms with van der Waals surface area (Å²) in [5, 5.41) is 9.17. The molecule has 0 bridgehead atoms. The van der Waals surface area contributed by atoms with Crippen molar-refractivity contribution in [1.82, 2.24) is 4.98 Å². The van der Waals surface area contributed by atoms with Crippen LogP contribution in [-0.4, -0.2) is 10.1 Å². The number of aromatic hydroxyl groups is 1. The molecule has 0 radical (unpaired) electrons. The van der Waals surface area contributed by atoms with Gasteiger partial charge >= 0.3 is 0 Å². The monoisotopic (exact) mass is 171 g/mol. The Kier molecular flexibility index (Phi) is 2.30. The van der Waals surface area contributed by atoms with Gasteiger partial charge in [0.25, 0.3) is 0 Å². The first-order valence-electron chi connectivity index (χ1n) is 3.27. The summed E-state index contributed by atoms with van der Waals surface area (Å²) in [7, 11) is 2.44. The number of pyridine rings is 1. The minimum Gasteiger partial charge on any atom is -0.503 e. The Bertz CT molecular complexity index is 319. The minimum atomic E-state index is -0.281. The van der Waals surface area contributed by atoms with Crippen LogP contribution in [0.5, 0.6) is 5.75 Å². The SMILES string of the molecule is Cc1[nH]cc(CP)c(=O)c1O. The molecule has 1 unspecified atom stereocenters. The van der Waals surface area contributed by atoms with Crippen molar-refractivity contribution < 1.29 is 5.11 Å². The van der Waals surface area contributed by atoms with Crippen molar-refractivity contribution in [2.24, 2.45) is 0 Å². The Labute approximate surface area is 66.7 Å². The van der Waals surface area contributed by atoms with E-state index in [9.17, 15) is 4.79 Å². The van der Waals surface area contributed by atoms with Gasteiger partial charge in [0, 0.05) is 11.8 Å². The van der Waals surface area contributed by atoms with Gasteiger partial charge in [-0.2, -0.15) is 0 Å². The van der Waals surface area contributed by atoms with Gasteiger partial charge in [-0.3, -0.25) is 4.79 Å². The van der Waals surface area contributed by atoms with Gasteiger partial charge in [0.2, 0.25) is 5.43 Å². The molecular weight excluding hydrogens is 161 g/mol. The van der Waals surface area contributed by atoms with E-state index in [0.29, 0.717) is 17.4 Å². The van der Waals surface area contributed by atoms with Gasteiger partial charge in [-0.05, 0) is 13.1 Å². The third-order valence-corrected chi connectivity index (χ3v) is 1.98. The van der Waals surface area contributed by atoms with Crippen LogP contribution in [0.15, 0.2) is 11.0 Å². The quantitative estimate of drug-likeness (QED) is 0.613. The van der Waals surface area contributed by atoms with E-state index >= 15 is 0 Å². The van der Waals surface area contributed by atoms with Gasteiger partial charge in [0.15, 0.2) is 5.75 Å². The second-order valence-electron chi connectivity index (χ2n) is 2.32. The molecule has 0 fully saturated rings. The van der Waals surface area contributed by atoms with Crippen molar-refractivity contribution in [2.45, 2.75) is 13.1 Å². The number of nitrogens with one attached hydrogen (secondary N) is 1.